The van der Waals surface area contributed by atoms with E-state index in [4.69, 9.17) is 0 Å². The Hall–Kier alpha value is -3.14. The van der Waals surface area contributed by atoms with Crippen LogP contribution in [0.5, 0.6) is 0 Å². The summed E-state index contributed by atoms with van der Waals surface area (Å²) in [6.07, 6.45) is 3.19. The van der Waals surface area contributed by atoms with Crippen molar-refractivity contribution in [2.45, 2.75) is 13.0 Å². The van der Waals surface area contributed by atoms with Crippen LogP contribution in [0.25, 0.3) is 0 Å². The maximum absolute atomic E-state index is 12.6. The largest absolute Gasteiger partial charge is 0.377 e. The van der Waals surface area contributed by atoms with E-state index in [1.807, 2.05) is 48.5 Å². The van der Waals surface area contributed by atoms with Gasteiger partial charge in [0.15, 0.2) is 5.78 Å². The fourth-order valence-electron chi connectivity index (χ4n) is 2.65. The van der Waals surface area contributed by atoms with Gasteiger partial charge in [-0.25, -0.2) is 0 Å². The Balaban J connectivity index is 1.92. The molecule has 1 unspecified atom stereocenters. The third kappa shape index (κ3) is 3.43. The van der Waals surface area contributed by atoms with Crippen molar-refractivity contribution in [2.75, 3.05) is 0 Å². The van der Waals surface area contributed by atoms with Crippen LogP contribution in [0.15, 0.2) is 84.3 Å². The molecule has 4 nitrogen and oxygen atoms in total. The zero-order valence-corrected chi connectivity index (χ0v) is 13.3. The van der Waals surface area contributed by atoms with E-state index in [0.29, 0.717) is 17.0 Å². The van der Waals surface area contributed by atoms with Gasteiger partial charge in [0.05, 0.1) is 6.04 Å². The quantitative estimate of drug-likeness (QED) is 0.672. The van der Waals surface area contributed by atoms with E-state index in [1.165, 1.54) is 13.0 Å². The molecule has 0 bridgehead atoms. The molecular formula is C20H18N2O2. The fourth-order valence-corrected chi connectivity index (χ4v) is 2.65. The minimum atomic E-state index is -0.192. The number of nitrogens with one attached hydrogen (secondary N) is 2. The highest BCUT2D eigenvalue weighted by atomic mass is 16.1. The highest BCUT2D eigenvalue weighted by molar-refractivity contribution is 6.08. The van der Waals surface area contributed by atoms with Gasteiger partial charge in [-0.2, -0.15) is 0 Å². The molecule has 24 heavy (non-hydrogen) atoms. The Kier molecular flexibility index (Phi) is 4.57. The number of hydrogen-bond donors (Lipinski definition) is 2. The topological polar surface area (TPSA) is 58.2 Å². The van der Waals surface area contributed by atoms with E-state index in [-0.39, 0.29) is 17.6 Å². The molecular weight excluding hydrogens is 300 g/mol. The monoisotopic (exact) mass is 318 g/mol. The minimum Gasteiger partial charge on any atom is -0.377 e. The smallest absolute Gasteiger partial charge is 0.210 e. The lowest BCUT2D eigenvalue weighted by molar-refractivity contribution is -0.112. The molecule has 2 aromatic rings. The Morgan fingerprint density at radius 1 is 0.958 bits per heavy atom. The lowest BCUT2D eigenvalue weighted by Crippen LogP contribution is -2.36. The third-order valence-electron chi connectivity index (χ3n) is 3.76. The molecule has 0 amide bonds. The predicted molar refractivity (Wildman–Crippen MR) is 93.1 cm³/mol. The molecule has 0 saturated carbocycles. The lowest BCUT2D eigenvalue weighted by atomic mass is 9.99. The molecule has 0 fully saturated rings. The number of Topliss-reactive ketones (excluding diaryl/α,β-unsaturated/α-hetero) is 1. The van der Waals surface area contributed by atoms with Crippen LogP contribution < -0.4 is 10.6 Å². The SMILES string of the molecule is CC(=O)C=C1NC(C(=O)c2ccccc2)=CNC1c1ccccc1. The molecule has 1 aliphatic heterocycles. The van der Waals surface area contributed by atoms with Gasteiger partial charge in [-0.15, -0.1) is 0 Å². The van der Waals surface area contributed by atoms with Crippen molar-refractivity contribution in [2.24, 2.45) is 0 Å². The fraction of sp³-hybridized carbons (Fsp3) is 0.100. The van der Waals surface area contributed by atoms with E-state index in [9.17, 15) is 9.59 Å². The maximum atomic E-state index is 12.6. The van der Waals surface area contributed by atoms with Crippen LogP contribution in [0, 0.1) is 0 Å². The molecule has 1 aliphatic rings. The number of hydrogen-bond acceptors (Lipinski definition) is 4. The average Bonchev–Trinajstić information content (AvgIpc) is 2.62. The molecule has 0 spiro atoms. The molecule has 0 saturated heterocycles. The van der Waals surface area contributed by atoms with Gasteiger partial charge in [-0.05, 0) is 12.5 Å². The molecule has 120 valence electrons. The van der Waals surface area contributed by atoms with Gasteiger partial charge in [-0.1, -0.05) is 60.7 Å². The summed E-state index contributed by atoms with van der Waals surface area (Å²) >= 11 is 0. The van der Waals surface area contributed by atoms with Crippen molar-refractivity contribution in [3.05, 3.63) is 95.5 Å². The Labute approximate surface area is 140 Å². The molecule has 0 aromatic heterocycles. The van der Waals surface area contributed by atoms with Crippen LogP contribution >= 0.6 is 0 Å². The Morgan fingerprint density at radius 2 is 1.58 bits per heavy atom. The molecule has 1 heterocycles. The van der Waals surface area contributed by atoms with Crippen LogP contribution in [-0.4, -0.2) is 11.6 Å². The highest BCUT2D eigenvalue weighted by Gasteiger charge is 2.24. The van der Waals surface area contributed by atoms with Gasteiger partial charge in [0.1, 0.15) is 5.70 Å². The Morgan fingerprint density at radius 3 is 2.21 bits per heavy atom. The summed E-state index contributed by atoms with van der Waals surface area (Å²) in [7, 11) is 0. The first-order valence-electron chi connectivity index (χ1n) is 7.75. The summed E-state index contributed by atoms with van der Waals surface area (Å²) in [5, 5.41) is 6.35. The molecule has 4 heteroatoms. The predicted octanol–water partition coefficient (Wildman–Crippen LogP) is 3.12. The molecule has 0 radical (unpaired) electrons. The molecule has 1 atom stereocenters. The number of rotatable bonds is 4. The van der Waals surface area contributed by atoms with E-state index in [2.05, 4.69) is 10.6 Å². The van der Waals surface area contributed by atoms with Gasteiger partial charge >= 0.3 is 0 Å². The second kappa shape index (κ2) is 6.96. The van der Waals surface area contributed by atoms with Crippen LogP contribution in [-0.2, 0) is 4.79 Å². The minimum absolute atomic E-state index is 0.0753. The normalized spacial score (nSPS) is 18.3. The van der Waals surface area contributed by atoms with Crippen molar-refractivity contribution in [3.63, 3.8) is 0 Å². The first kappa shape index (κ1) is 15.7. The molecule has 0 aliphatic carbocycles. The van der Waals surface area contributed by atoms with E-state index in [1.54, 1.807) is 18.3 Å². The molecule has 2 N–H and O–H groups in total. The first-order chi connectivity index (χ1) is 11.6. The van der Waals surface area contributed by atoms with Crippen molar-refractivity contribution < 1.29 is 9.59 Å². The summed E-state index contributed by atoms with van der Waals surface area (Å²) in [6, 6.07) is 18.6. The molecule has 3 rings (SSSR count). The summed E-state index contributed by atoms with van der Waals surface area (Å²) in [5.41, 5.74) is 2.69. The van der Waals surface area contributed by atoms with Gasteiger partial charge in [0, 0.05) is 23.5 Å². The zero-order valence-electron chi connectivity index (χ0n) is 13.3. The van der Waals surface area contributed by atoms with Crippen molar-refractivity contribution in [1.29, 1.82) is 0 Å². The van der Waals surface area contributed by atoms with E-state index in [0.717, 1.165) is 5.56 Å². The molecule has 2 aromatic carbocycles. The second-order valence-corrected chi connectivity index (χ2v) is 5.60. The summed E-state index contributed by atoms with van der Waals surface area (Å²) in [4.78, 5) is 24.2. The van der Waals surface area contributed by atoms with Gasteiger partial charge < -0.3 is 10.6 Å². The maximum Gasteiger partial charge on any atom is 0.210 e. The Bertz CT molecular complexity index is 808. The van der Waals surface area contributed by atoms with E-state index >= 15 is 0 Å². The standard InChI is InChI=1S/C20H18N2O2/c1-14(23)12-17-19(15-8-4-2-5-9-15)21-13-18(22-17)20(24)16-10-6-3-7-11-16/h2-13,19,21-22H,1H3. The summed E-state index contributed by atoms with van der Waals surface area (Å²) in [5.74, 6) is -0.197. The van der Waals surface area contributed by atoms with E-state index < -0.39 is 0 Å². The second-order valence-electron chi connectivity index (χ2n) is 5.60. The van der Waals surface area contributed by atoms with Crippen molar-refractivity contribution in [1.82, 2.24) is 10.6 Å². The highest BCUT2D eigenvalue weighted by Crippen LogP contribution is 2.24. The number of ketones is 2. The van der Waals surface area contributed by atoms with Crippen molar-refractivity contribution in [3.8, 4) is 0 Å². The number of benzene rings is 2. The first-order valence-corrected chi connectivity index (χ1v) is 7.75. The number of carbonyl (C=O) groups excluding carboxylic acids is 2. The van der Waals surface area contributed by atoms with Crippen LogP contribution in [0.2, 0.25) is 0 Å². The van der Waals surface area contributed by atoms with Crippen molar-refractivity contribution >= 4 is 11.6 Å². The van der Waals surface area contributed by atoms with Crippen LogP contribution in [0.3, 0.4) is 0 Å². The lowest BCUT2D eigenvalue weighted by Gasteiger charge is -2.28. The summed E-state index contributed by atoms with van der Waals surface area (Å²) < 4.78 is 0. The van der Waals surface area contributed by atoms with Gasteiger partial charge in [0.25, 0.3) is 0 Å². The van der Waals surface area contributed by atoms with Crippen LogP contribution in [0.4, 0.5) is 0 Å². The zero-order chi connectivity index (χ0) is 16.9. The third-order valence-corrected chi connectivity index (χ3v) is 3.76. The van der Waals surface area contributed by atoms with Gasteiger partial charge in [-0.3, -0.25) is 9.59 Å². The summed E-state index contributed by atoms with van der Waals surface area (Å²) in [6.45, 7) is 1.49. The van der Waals surface area contributed by atoms with Crippen LogP contribution in [0.1, 0.15) is 28.9 Å². The number of carbonyl (C=O) groups is 2. The van der Waals surface area contributed by atoms with Gasteiger partial charge in [0.2, 0.25) is 5.78 Å². The number of allylic oxidation sites excluding steroid dienone is 2. The average molecular weight is 318 g/mol.